The van der Waals surface area contributed by atoms with Crippen molar-refractivity contribution in [2.75, 3.05) is 19.7 Å². The van der Waals surface area contributed by atoms with Gasteiger partial charge in [0.05, 0.1) is 5.92 Å². The molecule has 1 amide bonds. The van der Waals surface area contributed by atoms with Crippen molar-refractivity contribution < 1.29 is 19.4 Å². The van der Waals surface area contributed by atoms with Crippen LogP contribution in [0.25, 0.3) is 11.1 Å². The lowest BCUT2D eigenvalue weighted by Crippen LogP contribution is -2.42. The normalized spacial score (nSPS) is 18.9. The first-order chi connectivity index (χ1) is 12.6. The van der Waals surface area contributed by atoms with Crippen molar-refractivity contribution >= 4 is 12.1 Å². The van der Waals surface area contributed by atoms with E-state index in [1.165, 1.54) is 27.2 Å². The molecule has 5 nitrogen and oxygen atoms in total. The van der Waals surface area contributed by atoms with Gasteiger partial charge in [0.25, 0.3) is 0 Å². The van der Waals surface area contributed by atoms with E-state index in [0.29, 0.717) is 19.4 Å². The number of hydrogen-bond acceptors (Lipinski definition) is 3. The first kappa shape index (κ1) is 16.6. The smallest absolute Gasteiger partial charge is 0.409 e. The number of nitrogens with zero attached hydrogens (tertiary/aromatic N) is 1. The molecule has 0 bridgehead atoms. The number of carboxylic acid groups (broad SMARTS) is 1. The van der Waals surface area contributed by atoms with Crippen LogP contribution in [0.4, 0.5) is 4.79 Å². The lowest BCUT2D eigenvalue weighted by Gasteiger charge is -2.30. The number of rotatable bonds is 3. The summed E-state index contributed by atoms with van der Waals surface area (Å²) >= 11 is 0. The molecule has 2 aromatic rings. The molecule has 0 saturated carbocycles. The number of hydrogen-bond donors (Lipinski definition) is 1. The third-order valence-electron chi connectivity index (χ3n) is 5.36. The van der Waals surface area contributed by atoms with Gasteiger partial charge in [-0.1, -0.05) is 48.5 Å². The first-order valence-electron chi connectivity index (χ1n) is 8.98. The van der Waals surface area contributed by atoms with E-state index in [-0.39, 0.29) is 19.1 Å². The number of piperidine rings is 1. The van der Waals surface area contributed by atoms with Crippen LogP contribution in [0, 0.1) is 5.92 Å². The van der Waals surface area contributed by atoms with Crippen molar-refractivity contribution in [1.29, 1.82) is 0 Å². The van der Waals surface area contributed by atoms with Crippen LogP contribution >= 0.6 is 0 Å². The SMILES string of the molecule is O=C(O)[C@H]1CCCN(C(=O)OCC2c3ccccc3-c3ccccc32)C1. The molecule has 2 aromatic carbocycles. The van der Waals surface area contributed by atoms with Gasteiger partial charge in [-0.2, -0.15) is 0 Å². The third kappa shape index (κ3) is 2.94. The molecule has 2 aliphatic rings. The minimum Gasteiger partial charge on any atom is -0.481 e. The van der Waals surface area contributed by atoms with Gasteiger partial charge in [0.2, 0.25) is 0 Å². The monoisotopic (exact) mass is 351 g/mol. The molecule has 1 aliphatic heterocycles. The van der Waals surface area contributed by atoms with Crippen LogP contribution in [0.2, 0.25) is 0 Å². The lowest BCUT2D eigenvalue weighted by molar-refractivity contribution is -0.143. The molecule has 26 heavy (non-hydrogen) atoms. The van der Waals surface area contributed by atoms with Crippen LogP contribution in [-0.2, 0) is 9.53 Å². The van der Waals surface area contributed by atoms with Crippen LogP contribution in [0.3, 0.4) is 0 Å². The lowest BCUT2D eigenvalue weighted by atomic mass is 9.98. The quantitative estimate of drug-likeness (QED) is 0.915. The fraction of sp³-hybridized carbons (Fsp3) is 0.333. The minimum atomic E-state index is -0.846. The van der Waals surface area contributed by atoms with Crippen LogP contribution in [0.5, 0.6) is 0 Å². The zero-order chi connectivity index (χ0) is 18.1. The van der Waals surface area contributed by atoms with Gasteiger partial charge < -0.3 is 14.7 Å². The largest absolute Gasteiger partial charge is 0.481 e. The van der Waals surface area contributed by atoms with Crippen LogP contribution < -0.4 is 0 Å². The van der Waals surface area contributed by atoms with E-state index in [9.17, 15) is 14.7 Å². The molecule has 4 rings (SSSR count). The van der Waals surface area contributed by atoms with Crippen molar-refractivity contribution in [3.05, 3.63) is 59.7 Å². The highest BCUT2D eigenvalue weighted by molar-refractivity contribution is 5.79. The molecule has 0 unspecified atom stereocenters. The number of benzene rings is 2. The predicted octanol–water partition coefficient (Wildman–Crippen LogP) is 3.73. The van der Waals surface area contributed by atoms with Crippen LogP contribution in [-0.4, -0.2) is 41.8 Å². The molecule has 1 atom stereocenters. The second kappa shape index (κ2) is 6.83. The van der Waals surface area contributed by atoms with Gasteiger partial charge in [0.1, 0.15) is 6.61 Å². The second-order valence-corrected chi connectivity index (χ2v) is 6.93. The molecule has 1 N–H and O–H groups in total. The maximum absolute atomic E-state index is 12.5. The molecule has 0 radical (unpaired) electrons. The number of carboxylic acids is 1. The molecule has 0 aromatic heterocycles. The Labute approximate surface area is 152 Å². The fourth-order valence-electron chi connectivity index (χ4n) is 4.03. The highest BCUT2D eigenvalue weighted by Gasteiger charge is 2.32. The number of likely N-dealkylation sites (tertiary alicyclic amines) is 1. The summed E-state index contributed by atoms with van der Waals surface area (Å²) in [5.41, 5.74) is 4.72. The third-order valence-corrected chi connectivity index (χ3v) is 5.36. The Morgan fingerprint density at radius 1 is 1.04 bits per heavy atom. The number of carbonyl (C=O) groups is 2. The summed E-state index contributed by atoms with van der Waals surface area (Å²) in [6.45, 7) is 1.05. The standard InChI is InChI=1S/C21H21NO4/c23-20(24)14-6-5-11-22(12-14)21(25)26-13-19-17-9-3-1-7-15(17)16-8-2-4-10-18(16)19/h1-4,7-10,14,19H,5-6,11-13H2,(H,23,24)/t14-/m0/s1. The zero-order valence-electron chi connectivity index (χ0n) is 14.4. The average Bonchev–Trinajstić information content (AvgIpc) is 3.00. The molecular weight excluding hydrogens is 330 g/mol. The van der Waals surface area contributed by atoms with Crippen molar-refractivity contribution in [2.45, 2.75) is 18.8 Å². The van der Waals surface area contributed by atoms with E-state index in [4.69, 9.17) is 4.74 Å². The Morgan fingerprint density at radius 2 is 1.65 bits per heavy atom. The van der Waals surface area contributed by atoms with E-state index in [1.807, 2.05) is 24.3 Å². The summed E-state index contributed by atoms with van der Waals surface area (Å²) in [6, 6.07) is 16.4. The number of fused-ring (bicyclic) bond motifs is 3. The van der Waals surface area contributed by atoms with E-state index < -0.39 is 18.0 Å². The summed E-state index contributed by atoms with van der Waals surface area (Å²) in [6.07, 6.45) is 0.890. The summed E-state index contributed by atoms with van der Waals surface area (Å²) in [7, 11) is 0. The summed E-state index contributed by atoms with van der Waals surface area (Å²) in [5.74, 6) is -1.32. The van der Waals surface area contributed by atoms with Crippen molar-refractivity contribution in [1.82, 2.24) is 4.90 Å². The molecule has 1 heterocycles. The molecule has 1 aliphatic carbocycles. The second-order valence-electron chi connectivity index (χ2n) is 6.93. The Balaban J connectivity index is 1.48. The van der Waals surface area contributed by atoms with E-state index in [2.05, 4.69) is 24.3 Å². The van der Waals surface area contributed by atoms with Crippen molar-refractivity contribution in [2.24, 2.45) is 5.92 Å². The van der Waals surface area contributed by atoms with Gasteiger partial charge in [-0.15, -0.1) is 0 Å². The maximum atomic E-state index is 12.5. The van der Waals surface area contributed by atoms with Crippen molar-refractivity contribution in [3.63, 3.8) is 0 Å². The Kier molecular flexibility index (Phi) is 4.37. The van der Waals surface area contributed by atoms with Crippen molar-refractivity contribution in [3.8, 4) is 11.1 Å². The average molecular weight is 351 g/mol. The summed E-state index contributed by atoms with van der Waals surface area (Å²) < 4.78 is 5.60. The minimum absolute atomic E-state index is 0.0198. The number of amides is 1. The highest BCUT2D eigenvalue weighted by Crippen LogP contribution is 2.44. The first-order valence-corrected chi connectivity index (χ1v) is 8.98. The van der Waals surface area contributed by atoms with Gasteiger partial charge in [-0.05, 0) is 35.1 Å². The van der Waals surface area contributed by atoms with Gasteiger partial charge in [-0.25, -0.2) is 4.79 Å². The van der Waals surface area contributed by atoms with E-state index in [0.717, 1.165) is 0 Å². The molecular formula is C21H21NO4. The Hall–Kier alpha value is -2.82. The van der Waals surface area contributed by atoms with Gasteiger partial charge >= 0.3 is 12.1 Å². The number of carbonyl (C=O) groups excluding carboxylic acids is 1. The fourth-order valence-corrected chi connectivity index (χ4v) is 4.03. The van der Waals surface area contributed by atoms with Gasteiger partial charge in [0.15, 0.2) is 0 Å². The maximum Gasteiger partial charge on any atom is 0.409 e. The molecule has 5 heteroatoms. The molecule has 134 valence electrons. The molecule has 1 fully saturated rings. The Bertz CT molecular complexity index is 802. The predicted molar refractivity (Wildman–Crippen MR) is 97.0 cm³/mol. The topological polar surface area (TPSA) is 66.8 Å². The molecule has 0 spiro atoms. The van der Waals surface area contributed by atoms with Crippen LogP contribution in [0.15, 0.2) is 48.5 Å². The van der Waals surface area contributed by atoms with E-state index in [1.54, 1.807) is 0 Å². The Morgan fingerprint density at radius 3 is 2.27 bits per heavy atom. The van der Waals surface area contributed by atoms with Gasteiger partial charge in [0, 0.05) is 19.0 Å². The summed E-state index contributed by atoms with van der Waals surface area (Å²) in [4.78, 5) is 25.2. The van der Waals surface area contributed by atoms with Gasteiger partial charge in [-0.3, -0.25) is 4.79 Å². The van der Waals surface area contributed by atoms with E-state index >= 15 is 0 Å². The number of ether oxygens (including phenoxy) is 1. The highest BCUT2D eigenvalue weighted by atomic mass is 16.6. The molecule has 1 saturated heterocycles. The summed E-state index contributed by atoms with van der Waals surface area (Å²) in [5, 5.41) is 9.18. The zero-order valence-corrected chi connectivity index (χ0v) is 14.4. The van der Waals surface area contributed by atoms with Crippen LogP contribution in [0.1, 0.15) is 29.9 Å². The number of aliphatic carboxylic acids is 1.